The van der Waals surface area contributed by atoms with Gasteiger partial charge in [0.1, 0.15) is 11.9 Å². The first-order chi connectivity index (χ1) is 7.76. The smallest absolute Gasteiger partial charge is 0.309 e. The topological polar surface area (TPSA) is 35.5 Å². The Kier molecular flexibility index (Phi) is 2.95. The lowest BCUT2D eigenvalue weighted by Gasteiger charge is -2.10. The van der Waals surface area contributed by atoms with Gasteiger partial charge in [0.2, 0.25) is 0 Å². The number of hydrogen-bond donors (Lipinski definition) is 0. The number of ether oxygens (including phenoxy) is 2. The van der Waals surface area contributed by atoms with Gasteiger partial charge in [-0.1, -0.05) is 24.3 Å². The largest absolute Gasteiger partial charge is 0.484 e. The molecule has 0 radical (unpaired) electrons. The predicted octanol–water partition coefficient (Wildman–Crippen LogP) is 2.41. The maximum atomic E-state index is 11.3. The van der Waals surface area contributed by atoms with E-state index in [1.165, 1.54) is 7.11 Å². The fourth-order valence-electron chi connectivity index (χ4n) is 1.93. The Bertz CT molecular complexity index is 435. The van der Waals surface area contributed by atoms with Crippen LogP contribution < -0.4 is 4.74 Å². The predicted molar refractivity (Wildman–Crippen MR) is 61.1 cm³/mol. The Morgan fingerprint density at radius 1 is 1.50 bits per heavy atom. The van der Waals surface area contributed by atoms with Crippen molar-refractivity contribution >= 4 is 11.5 Å². The maximum Gasteiger partial charge on any atom is 0.309 e. The third-order valence-electron chi connectivity index (χ3n) is 2.70. The first-order valence-electron chi connectivity index (χ1n) is 5.25. The Labute approximate surface area is 94.7 Å². The summed E-state index contributed by atoms with van der Waals surface area (Å²) in [6, 6.07) is 7.80. The van der Waals surface area contributed by atoms with Gasteiger partial charge < -0.3 is 9.47 Å². The van der Waals surface area contributed by atoms with Crippen molar-refractivity contribution in [3.05, 3.63) is 35.9 Å². The van der Waals surface area contributed by atoms with Gasteiger partial charge in [0.05, 0.1) is 13.5 Å². The number of rotatable bonds is 2. The molecule has 1 aromatic carbocycles. The summed E-state index contributed by atoms with van der Waals surface area (Å²) in [5.41, 5.74) is 2.12. The summed E-state index contributed by atoms with van der Waals surface area (Å²) in [5.74, 6) is 0.585. The standard InChI is InChI=1S/C13H14O3/c1-3-9-10-6-4-5-7-11(10)16-12(9)8-13(14)15-2/h3-7,12H,8H2,1-2H3/b9-3+. The number of carbonyl (C=O) groups excluding carboxylic acids is 1. The molecule has 1 aliphatic rings. The lowest BCUT2D eigenvalue weighted by Crippen LogP contribution is -2.18. The van der Waals surface area contributed by atoms with E-state index in [9.17, 15) is 4.79 Å². The number of fused-ring (bicyclic) bond motifs is 1. The zero-order chi connectivity index (χ0) is 11.5. The quantitative estimate of drug-likeness (QED) is 0.715. The third kappa shape index (κ3) is 1.81. The SMILES string of the molecule is C/C=C1\c2ccccc2OC1CC(=O)OC. The van der Waals surface area contributed by atoms with Gasteiger partial charge in [0, 0.05) is 5.56 Å². The Morgan fingerprint density at radius 3 is 2.94 bits per heavy atom. The highest BCUT2D eigenvalue weighted by atomic mass is 16.5. The lowest BCUT2D eigenvalue weighted by atomic mass is 10.0. The molecule has 0 fully saturated rings. The summed E-state index contributed by atoms with van der Waals surface area (Å²) in [7, 11) is 1.39. The normalized spacial score (nSPS) is 20.4. The van der Waals surface area contributed by atoms with E-state index in [4.69, 9.17) is 4.74 Å². The Morgan fingerprint density at radius 2 is 2.25 bits per heavy atom. The minimum atomic E-state index is -0.253. The second-order valence-corrected chi connectivity index (χ2v) is 3.63. The van der Waals surface area contributed by atoms with Gasteiger partial charge in [-0.25, -0.2) is 0 Å². The first kappa shape index (κ1) is 10.7. The highest BCUT2D eigenvalue weighted by Gasteiger charge is 2.29. The molecule has 2 rings (SSSR count). The maximum absolute atomic E-state index is 11.3. The van der Waals surface area contributed by atoms with Gasteiger partial charge in [0.25, 0.3) is 0 Å². The van der Waals surface area contributed by atoms with Crippen LogP contribution in [0.25, 0.3) is 5.57 Å². The number of hydrogen-bond acceptors (Lipinski definition) is 3. The van der Waals surface area contributed by atoms with E-state index in [0.717, 1.165) is 16.9 Å². The van der Waals surface area contributed by atoms with Crippen LogP contribution in [0.15, 0.2) is 30.3 Å². The molecule has 0 aliphatic carbocycles. The van der Waals surface area contributed by atoms with Crippen molar-refractivity contribution in [3.63, 3.8) is 0 Å². The zero-order valence-corrected chi connectivity index (χ0v) is 9.40. The molecule has 0 saturated heterocycles. The molecule has 0 N–H and O–H groups in total. The highest BCUT2D eigenvalue weighted by Crippen LogP contribution is 2.38. The second-order valence-electron chi connectivity index (χ2n) is 3.63. The van der Waals surface area contributed by atoms with E-state index in [2.05, 4.69) is 4.74 Å². The van der Waals surface area contributed by atoms with Crippen LogP contribution in [0.1, 0.15) is 18.9 Å². The molecule has 3 nitrogen and oxygen atoms in total. The summed E-state index contributed by atoms with van der Waals surface area (Å²) in [6.07, 6.45) is 2.03. The van der Waals surface area contributed by atoms with E-state index >= 15 is 0 Å². The molecule has 1 atom stereocenters. The summed E-state index contributed by atoms with van der Waals surface area (Å²) in [6.45, 7) is 1.95. The lowest BCUT2D eigenvalue weighted by molar-refractivity contribution is -0.141. The van der Waals surface area contributed by atoms with Gasteiger partial charge in [-0.2, -0.15) is 0 Å². The number of esters is 1. The van der Waals surface area contributed by atoms with E-state index in [1.54, 1.807) is 0 Å². The molecule has 16 heavy (non-hydrogen) atoms. The molecule has 0 saturated carbocycles. The number of methoxy groups -OCH3 is 1. The minimum absolute atomic E-state index is 0.213. The molecular weight excluding hydrogens is 204 g/mol. The number of benzene rings is 1. The molecule has 84 valence electrons. The van der Waals surface area contributed by atoms with Gasteiger partial charge in [-0.3, -0.25) is 4.79 Å². The summed E-state index contributed by atoms with van der Waals surface area (Å²) < 4.78 is 10.4. The van der Waals surface area contributed by atoms with Crippen molar-refractivity contribution in [3.8, 4) is 5.75 Å². The number of carbonyl (C=O) groups is 1. The molecule has 1 heterocycles. The summed E-state index contributed by atoms with van der Waals surface area (Å²) in [5, 5.41) is 0. The van der Waals surface area contributed by atoms with Gasteiger partial charge >= 0.3 is 5.97 Å². The van der Waals surface area contributed by atoms with Gasteiger partial charge in [0.15, 0.2) is 0 Å². The van der Waals surface area contributed by atoms with Crippen molar-refractivity contribution in [2.75, 3.05) is 7.11 Å². The van der Waals surface area contributed by atoms with Crippen LogP contribution in [0.5, 0.6) is 5.75 Å². The molecular formula is C13H14O3. The average Bonchev–Trinajstić information content (AvgIpc) is 2.65. The fourth-order valence-corrected chi connectivity index (χ4v) is 1.93. The van der Waals surface area contributed by atoms with E-state index < -0.39 is 0 Å². The van der Waals surface area contributed by atoms with Crippen LogP contribution in [-0.4, -0.2) is 19.2 Å². The van der Waals surface area contributed by atoms with Crippen molar-refractivity contribution in [2.45, 2.75) is 19.4 Å². The van der Waals surface area contributed by atoms with Crippen LogP contribution in [0.4, 0.5) is 0 Å². The van der Waals surface area contributed by atoms with Crippen LogP contribution in [-0.2, 0) is 9.53 Å². The summed E-state index contributed by atoms with van der Waals surface area (Å²) in [4.78, 5) is 11.3. The number of para-hydroxylation sites is 1. The van der Waals surface area contributed by atoms with Crippen LogP contribution in [0, 0.1) is 0 Å². The van der Waals surface area contributed by atoms with E-state index in [0.29, 0.717) is 0 Å². The van der Waals surface area contributed by atoms with Crippen LogP contribution in [0.3, 0.4) is 0 Å². The molecule has 1 aliphatic heterocycles. The zero-order valence-electron chi connectivity index (χ0n) is 9.40. The fraction of sp³-hybridized carbons (Fsp3) is 0.308. The molecule has 1 aromatic rings. The van der Waals surface area contributed by atoms with Gasteiger partial charge in [-0.15, -0.1) is 0 Å². The Hall–Kier alpha value is -1.77. The van der Waals surface area contributed by atoms with Crippen LogP contribution >= 0.6 is 0 Å². The molecule has 0 bridgehead atoms. The van der Waals surface area contributed by atoms with E-state index in [1.807, 2.05) is 37.3 Å². The average molecular weight is 218 g/mol. The van der Waals surface area contributed by atoms with Gasteiger partial charge in [-0.05, 0) is 18.6 Å². The minimum Gasteiger partial charge on any atom is -0.484 e. The van der Waals surface area contributed by atoms with Crippen LogP contribution in [0.2, 0.25) is 0 Å². The van der Waals surface area contributed by atoms with Crippen molar-refractivity contribution in [1.29, 1.82) is 0 Å². The van der Waals surface area contributed by atoms with Crippen molar-refractivity contribution < 1.29 is 14.3 Å². The molecule has 3 heteroatoms. The molecule has 0 aromatic heterocycles. The van der Waals surface area contributed by atoms with Crippen molar-refractivity contribution in [1.82, 2.24) is 0 Å². The Balaban J connectivity index is 2.25. The molecule has 1 unspecified atom stereocenters. The summed E-state index contributed by atoms with van der Waals surface area (Å²) >= 11 is 0. The highest BCUT2D eigenvalue weighted by molar-refractivity contribution is 5.81. The first-order valence-corrected chi connectivity index (χ1v) is 5.25. The molecule has 0 spiro atoms. The van der Waals surface area contributed by atoms with E-state index in [-0.39, 0.29) is 18.5 Å². The third-order valence-corrected chi connectivity index (χ3v) is 2.70. The monoisotopic (exact) mass is 218 g/mol. The molecule has 0 amide bonds. The number of allylic oxidation sites excluding steroid dienone is 1. The second kappa shape index (κ2) is 4.39. The van der Waals surface area contributed by atoms with Crippen molar-refractivity contribution in [2.24, 2.45) is 0 Å².